The van der Waals surface area contributed by atoms with E-state index in [0.717, 1.165) is 31.2 Å². The molecule has 1 unspecified atom stereocenters. The normalized spacial score (nSPS) is 18.3. The molecule has 2 aromatic rings. The second-order valence-corrected chi connectivity index (χ2v) is 10.6. The van der Waals surface area contributed by atoms with Crippen molar-refractivity contribution in [1.82, 2.24) is 9.21 Å². The Morgan fingerprint density at radius 1 is 1.13 bits per heavy atom. The van der Waals surface area contributed by atoms with Crippen molar-refractivity contribution in [3.63, 3.8) is 0 Å². The van der Waals surface area contributed by atoms with E-state index in [0.29, 0.717) is 31.1 Å². The van der Waals surface area contributed by atoms with Crippen LogP contribution >= 0.6 is 11.6 Å². The fraction of sp³-hybridized carbons (Fsp3) is 0.435. The number of hydrogen-bond donors (Lipinski definition) is 0. The standard InChI is InChI=1S/C23H27ClN2O3S/c1-17(19-9-10-19)26(16-18-7-3-2-4-8-18)23(27)20-11-12-21(24)22(15-20)30(28,29)25-13-5-6-14-25/h2-4,7-8,11-12,15,17,19H,5-6,9-10,13-14,16H2,1H3. The third-order valence-corrected chi connectivity index (χ3v) is 8.49. The molecule has 1 atom stereocenters. The van der Waals surface area contributed by atoms with Crippen molar-refractivity contribution in [3.05, 3.63) is 64.7 Å². The van der Waals surface area contributed by atoms with Gasteiger partial charge in [-0.2, -0.15) is 4.31 Å². The van der Waals surface area contributed by atoms with E-state index >= 15 is 0 Å². The number of rotatable bonds is 7. The summed E-state index contributed by atoms with van der Waals surface area (Å²) in [6.45, 7) is 3.57. The van der Waals surface area contributed by atoms with Gasteiger partial charge in [-0.1, -0.05) is 41.9 Å². The summed E-state index contributed by atoms with van der Waals surface area (Å²) in [5.41, 5.74) is 1.41. The molecule has 1 aliphatic heterocycles. The highest BCUT2D eigenvalue weighted by Crippen LogP contribution is 2.36. The predicted octanol–water partition coefficient (Wildman–Crippen LogP) is 4.57. The van der Waals surface area contributed by atoms with Crippen molar-refractivity contribution in [3.8, 4) is 0 Å². The van der Waals surface area contributed by atoms with Crippen LogP contribution in [0.5, 0.6) is 0 Å². The summed E-state index contributed by atoms with van der Waals surface area (Å²) in [7, 11) is -3.70. The van der Waals surface area contributed by atoms with Crippen LogP contribution in [0.1, 0.15) is 48.5 Å². The van der Waals surface area contributed by atoms with Gasteiger partial charge in [-0.3, -0.25) is 4.79 Å². The minimum absolute atomic E-state index is 0.0238. The molecule has 4 rings (SSSR count). The Labute approximate surface area is 183 Å². The lowest BCUT2D eigenvalue weighted by Gasteiger charge is -2.30. The summed E-state index contributed by atoms with van der Waals surface area (Å²) >= 11 is 6.27. The van der Waals surface area contributed by atoms with Crippen LogP contribution in [-0.2, 0) is 16.6 Å². The Kier molecular flexibility index (Phi) is 6.19. The number of hydrogen-bond acceptors (Lipinski definition) is 3. The number of halogens is 1. The summed E-state index contributed by atoms with van der Waals surface area (Å²) in [5.74, 6) is 0.338. The molecule has 0 N–H and O–H groups in total. The van der Waals surface area contributed by atoms with Gasteiger partial charge in [0.2, 0.25) is 10.0 Å². The highest BCUT2D eigenvalue weighted by Gasteiger charge is 2.35. The van der Waals surface area contributed by atoms with E-state index in [9.17, 15) is 13.2 Å². The van der Waals surface area contributed by atoms with E-state index < -0.39 is 10.0 Å². The zero-order chi connectivity index (χ0) is 21.3. The second kappa shape index (κ2) is 8.69. The van der Waals surface area contributed by atoms with Gasteiger partial charge in [0, 0.05) is 31.2 Å². The number of carbonyl (C=O) groups is 1. The van der Waals surface area contributed by atoms with Crippen LogP contribution in [0, 0.1) is 5.92 Å². The van der Waals surface area contributed by atoms with Gasteiger partial charge < -0.3 is 4.90 Å². The lowest BCUT2D eigenvalue weighted by molar-refractivity contribution is 0.0654. The monoisotopic (exact) mass is 446 g/mol. The van der Waals surface area contributed by atoms with Gasteiger partial charge in [-0.25, -0.2) is 8.42 Å². The predicted molar refractivity (Wildman–Crippen MR) is 118 cm³/mol. The van der Waals surface area contributed by atoms with E-state index in [1.165, 1.54) is 16.4 Å². The third kappa shape index (κ3) is 4.41. The Balaban J connectivity index is 1.66. The van der Waals surface area contributed by atoms with Crippen molar-refractivity contribution in [2.24, 2.45) is 5.92 Å². The fourth-order valence-corrected chi connectivity index (χ4v) is 6.10. The summed E-state index contributed by atoms with van der Waals surface area (Å²) < 4.78 is 27.6. The SMILES string of the molecule is CC(C1CC1)N(Cc1ccccc1)C(=O)c1ccc(Cl)c(S(=O)(=O)N2CCCC2)c1. The number of nitrogens with zero attached hydrogens (tertiary/aromatic N) is 2. The number of sulfonamides is 1. The summed E-state index contributed by atoms with van der Waals surface area (Å²) in [5, 5.41) is 0.156. The molecule has 0 aromatic heterocycles. The number of benzene rings is 2. The van der Waals surface area contributed by atoms with Gasteiger partial charge in [0.1, 0.15) is 4.90 Å². The van der Waals surface area contributed by atoms with Gasteiger partial charge in [0.25, 0.3) is 5.91 Å². The molecule has 30 heavy (non-hydrogen) atoms. The zero-order valence-corrected chi connectivity index (χ0v) is 18.7. The van der Waals surface area contributed by atoms with Crippen LogP contribution < -0.4 is 0 Å². The van der Waals surface area contributed by atoms with E-state index in [1.807, 2.05) is 35.2 Å². The Hall–Kier alpha value is -1.89. The maximum Gasteiger partial charge on any atom is 0.254 e. The largest absolute Gasteiger partial charge is 0.331 e. The molecule has 160 valence electrons. The maximum absolute atomic E-state index is 13.5. The minimum Gasteiger partial charge on any atom is -0.331 e. The fourth-order valence-electron chi connectivity index (χ4n) is 4.08. The summed E-state index contributed by atoms with van der Waals surface area (Å²) in [4.78, 5) is 15.4. The van der Waals surface area contributed by atoms with Crippen molar-refractivity contribution in [2.45, 2.75) is 50.1 Å². The molecule has 1 heterocycles. The molecule has 2 aliphatic rings. The van der Waals surface area contributed by atoms with Crippen molar-refractivity contribution < 1.29 is 13.2 Å². The van der Waals surface area contributed by atoms with Crippen LogP contribution in [0.15, 0.2) is 53.4 Å². The quantitative estimate of drug-likeness (QED) is 0.626. The molecule has 7 heteroatoms. The molecule has 1 amide bonds. The van der Waals surface area contributed by atoms with E-state index in [2.05, 4.69) is 6.92 Å². The van der Waals surface area contributed by atoms with Crippen LogP contribution in [0.3, 0.4) is 0 Å². The van der Waals surface area contributed by atoms with Crippen LogP contribution in [0.2, 0.25) is 5.02 Å². The van der Waals surface area contributed by atoms with Crippen LogP contribution in [0.4, 0.5) is 0 Å². The molecule has 2 aromatic carbocycles. The van der Waals surface area contributed by atoms with E-state index in [1.54, 1.807) is 6.07 Å². The highest BCUT2D eigenvalue weighted by molar-refractivity contribution is 7.89. The molecular weight excluding hydrogens is 420 g/mol. The molecule has 1 saturated heterocycles. The second-order valence-electron chi connectivity index (χ2n) is 8.25. The van der Waals surface area contributed by atoms with Gasteiger partial charge in [-0.15, -0.1) is 0 Å². The first-order chi connectivity index (χ1) is 14.4. The van der Waals surface area contributed by atoms with Gasteiger partial charge in [-0.05, 0) is 62.3 Å². The van der Waals surface area contributed by atoms with Crippen molar-refractivity contribution in [2.75, 3.05) is 13.1 Å². The summed E-state index contributed by atoms with van der Waals surface area (Å²) in [6, 6.07) is 14.6. The van der Waals surface area contributed by atoms with E-state index in [-0.39, 0.29) is 21.9 Å². The van der Waals surface area contributed by atoms with Gasteiger partial charge >= 0.3 is 0 Å². The molecule has 0 spiro atoms. The van der Waals surface area contributed by atoms with E-state index in [4.69, 9.17) is 11.6 Å². The average Bonchev–Trinajstić information content (AvgIpc) is 3.44. The number of amides is 1. The average molecular weight is 447 g/mol. The highest BCUT2D eigenvalue weighted by atomic mass is 35.5. The molecule has 0 radical (unpaired) electrons. The Morgan fingerprint density at radius 2 is 1.80 bits per heavy atom. The van der Waals surface area contributed by atoms with Crippen molar-refractivity contribution in [1.29, 1.82) is 0 Å². The molecule has 2 fully saturated rings. The maximum atomic E-state index is 13.5. The first-order valence-electron chi connectivity index (χ1n) is 10.5. The molecule has 5 nitrogen and oxygen atoms in total. The minimum atomic E-state index is -3.70. The Morgan fingerprint density at radius 3 is 2.43 bits per heavy atom. The smallest absolute Gasteiger partial charge is 0.254 e. The third-order valence-electron chi connectivity index (χ3n) is 6.11. The molecule has 0 bridgehead atoms. The lowest BCUT2D eigenvalue weighted by Crippen LogP contribution is -2.39. The van der Waals surface area contributed by atoms with Gasteiger partial charge in [0.15, 0.2) is 0 Å². The first kappa shape index (κ1) is 21.3. The first-order valence-corrected chi connectivity index (χ1v) is 12.3. The van der Waals surface area contributed by atoms with Crippen LogP contribution in [0.25, 0.3) is 0 Å². The molecular formula is C23H27ClN2O3S. The van der Waals surface area contributed by atoms with Crippen molar-refractivity contribution >= 4 is 27.5 Å². The summed E-state index contributed by atoms with van der Waals surface area (Å²) in [6.07, 6.45) is 3.93. The zero-order valence-electron chi connectivity index (χ0n) is 17.1. The number of carbonyl (C=O) groups excluding carboxylic acids is 1. The molecule has 1 aliphatic carbocycles. The lowest BCUT2D eigenvalue weighted by atomic mass is 10.1. The topological polar surface area (TPSA) is 57.7 Å². The van der Waals surface area contributed by atoms with Gasteiger partial charge in [0.05, 0.1) is 5.02 Å². The Bertz CT molecular complexity index is 1020. The van der Waals surface area contributed by atoms with Crippen LogP contribution in [-0.4, -0.2) is 42.7 Å². The molecule has 1 saturated carbocycles.